The average molecular weight is 915 g/mol. The minimum atomic E-state index is -0.237. The third-order valence-electron chi connectivity index (χ3n) is 15.4. The lowest BCUT2D eigenvalue weighted by atomic mass is 9.33. The van der Waals surface area contributed by atoms with Crippen LogP contribution in [0.1, 0.15) is 80.5 Å². The maximum Gasteiger partial charge on any atom is 0.262 e. The molecule has 13 rings (SSSR count). The van der Waals surface area contributed by atoms with E-state index in [1.54, 1.807) is 0 Å². The molecular weight excluding hydrogens is 860 g/mol. The molecule has 7 heteroatoms. The average Bonchev–Trinajstić information content (AvgIpc) is 4.13. The van der Waals surface area contributed by atoms with Crippen LogP contribution in [0, 0.1) is 34.6 Å². The van der Waals surface area contributed by atoms with Gasteiger partial charge in [0.15, 0.2) is 0 Å². The predicted molar refractivity (Wildman–Crippen MR) is 292 cm³/mol. The van der Waals surface area contributed by atoms with Gasteiger partial charge in [0.25, 0.3) is 6.71 Å². The number of nitrogens with zero attached hydrogens (tertiary/aromatic N) is 2. The van der Waals surface area contributed by atoms with Crippen LogP contribution in [0.15, 0.2) is 152 Å². The van der Waals surface area contributed by atoms with Crippen molar-refractivity contribution in [1.29, 1.82) is 0 Å². The van der Waals surface area contributed by atoms with Crippen molar-refractivity contribution in [2.75, 3.05) is 9.80 Å². The molecular formula is C63H55BN2O4. The van der Waals surface area contributed by atoms with Gasteiger partial charge in [-0.05, 0) is 150 Å². The van der Waals surface area contributed by atoms with Crippen LogP contribution < -0.4 is 26.2 Å². The molecule has 0 saturated carbocycles. The molecule has 4 aromatic heterocycles. The maximum atomic E-state index is 7.41. The fourth-order valence-electron chi connectivity index (χ4n) is 11.9. The topological polar surface area (TPSA) is 59.0 Å². The molecule has 344 valence electrons. The molecule has 0 N–H and O–H groups in total. The number of hydrogen-bond acceptors (Lipinski definition) is 6. The fourth-order valence-corrected chi connectivity index (χ4v) is 11.9. The van der Waals surface area contributed by atoms with Gasteiger partial charge in [-0.15, -0.1) is 0 Å². The van der Waals surface area contributed by atoms with Gasteiger partial charge in [0, 0.05) is 55.0 Å². The zero-order chi connectivity index (χ0) is 48.3. The summed E-state index contributed by atoms with van der Waals surface area (Å²) in [6.07, 6.45) is 3.82. The highest BCUT2D eigenvalue weighted by molar-refractivity contribution is 7.02. The van der Waals surface area contributed by atoms with Crippen LogP contribution in [-0.2, 0) is 10.8 Å². The molecule has 0 saturated heterocycles. The van der Waals surface area contributed by atoms with Crippen molar-refractivity contribution < 1.29 is 17.7 Å². The normalized spacial score (nSPS) is 13.6. The van der Waals surface area contributed by atoms with Crippen molar-refractivity contribution in [2.45, 2.75) is 87.0 Å². The Morgan fingerprint density at radius 1 is 0.414 bits per heavy atom. The fraction of sp³-hybridized carbons (Fsp3) is 0.206. The molecule has 0 aliphatic carbocycles. The Labute approximate surface area is 409 Å². The lowest BCUT2D eigenvalue weighted by Gasteiger charge is -2.42. The summed E-state index contributed by atoms with van der Waals surface area (Å²) >= 11 is 0. The number of benzene rings is 7. The van der Waals surface area contributed by atoms with Crippen LogP contribution in [0.5, 0.6) is 0 Å². The van der Waals surface area contributed by atoms with Crippen molar-refractivity contribution in [3.8, 4) is 22.3 Å². The van der Waals surface area contributed by atoms with E-state index >= 15 is 0 Å². The summed E-state index contributed by atoms with van der Waals surface area (Å²) in [6.45, 7) is 24.7. The first-order valence-corrected chi connectivity index (χ1v) is 24.6. The van der Waals surface area contributed by atoms with E-state index in [9.17, 15) is 0 Å². The Balaban J connectivity index is 1.17. The van der Waals surface area contributed by atoms with Gasteiger partial charge >= 0.3 is 0 Å². The first-order chi connectivity index (χ1) is 33.6. The second-order valence-corrected chi connectivity index (χ2v) is 22.0. The van der Waals surface area contributed by atoms with Crippen molar-refractivity contribution in [3.63, 3.8) is 0 Å². The monoisotopic (exact) mass is 914 g/mol. The third kappa shape index (κ3) is 6.00. The summed E-state index contributed by atoms with van der Waals surface area (Å²) in [5.74, 6) is 1.66. The summed E-state index contributed by atoms with van der Waals surface area (Å²) in [6, 6.07) is 44.0. The first kappa shape index (κ1) is 42.5. The van der Waals surface area contributed by atoms with Gasteiger partial charge in [-0.25, -0.2) is 0 Å². The molecule has 70 heavy (non-hydrogen) atoms. The summed E-state index contributed by atoms with van der Waals surface area (Å²) < 4.78 is 27.2. The van der Waals surface area contributed by atoms with Crippen LogP contribution in [0.4, 0.5) is 34.5 Å². The van der Waals surface area contributed by atoms with Gasteiger partial charge in [0.1, 0.15) is 22.3 Å². The largest absolute Gasteiger partial charge is 0.464 e. The Kier molecular flexibility index (Phi) is 8.91. The van der Waals surface area contributed by atoms with Gasteiger partial charge < -0.3 is 17.7 Å². The molecule has 2 aliphatic rings. The van der Waals surface area contributed by atoms with Crippen molar-refractivity contribution in [3.05, 3.63) is 173 Å². The highest BCUT2D eigenvalue weighted by Crippen LogP contribution is 2.52. The lowest BCUT2D eigenvalue weighted by Crippen LogP contribution is -2.61. The van der Waals surface area contributed by atoms with E-state index in [1.807, 2.05) is 36.8 Å². The van der Waals surface area contributed by atoms with Gasteiger partial charge in [0.05, 0.1) is 23.9 Å². The number of anilines is 6. The second-order valence-electron chi connectivity index (χ2n) is 22.0. The SMILES string of the molecule is Cc1cc2c3c(c1)N(c1c(C)ccc(-c4coc5ccccc45)c1C)c1oc4ccc(C(C)(C)C)cc4c1B3c1c(oc3ccc(C(C)(C)C)cc13)N2c1c(C)ccc(-c2coc3ccccc23)c1C. The van der Waals surface area contributed by atoms with E-state index in [2.05, 4.69) is 183 Å². The molecule has 7 aromatic carbocycles. The van der Waals surface area contributed by atoms with Crippen LogP contribution in [0.3, 0.4) is 0 Å². The Hall–Kier alpha value is -7.64. The molecule has 0 fully saturated rings. The molecule has 0 amide bonds. The van der Waals surface area contributed by atoms with Crippen molar-refractivity contribution >= 4 is 101 Å². The van der Waals surface area contributed by atoms with Gasteiger partial charge in [-0.3, -0.25) is 9.80 Å². The van der Waals surface area contributed by atoms with Crippen LogP contribution in [0.2, 0.25) is 0 Å². The predicted octanol–water partition coefficient (Wildman–Crippen LogP) is 16.2. The van der Waals surface area contributed by atoms with Crippen LogP contribution in [-0.4, -0.2) is 6.71 Å². The van der Waals surface area contributed by atoms with Gasteiger partial charge in [-0.1, -0.05) is 114 Å². The summed E-state index contributed by atoms with van der Waals surface area (Å²) in [5, 5.41) is 4.41. The molecule has 0 unspecified atom stereocenters. The highest BCUT2D eigenvalue weighted by Gasteiger charge is 2.50. The van der Waals surface area contributed by atoms with Gasteiger partial charge in [-0.2, -0.15) is 0 Å². The molecule has 0 atom stereocenters. The number of fused-ring (bicyclic) bond motifs is 10. The molecule has 2 aliphatic heterocycles. The zero-order valence-electron chi connectivity index (χ0n) is 41.8. The minimum absolute atomic E-state index is 0.0966. The number of rotatable bonds is 4. The van der Waals surface area contributed by atoms with Crippen LogP contribution in [0.25, 0.3) is 66.1 Å². The Bertz CT molecular complexity index is 3760. The van der Waals surface area contributed by atoms with E-state index in [1.165, 1.54) is 16.6 Å². The van der Waals surface area contributed by atoms with Gasteiger partial charge in [0.2, 0.25) is 11.8 Å². The van der Waals surface area contributed by atoms with E-state index in [4.69, 9.17) is 17.7 Å². The molecule has 0 spiro atoms. The standard InChI is InChI=1S/C63H55BN2O4/c1-34-28-49-57-50(29-34)66(59-36(3)21-25-42(38(59)5)48-33-68-52-19-15-13-17-44(48)52)61-56(46-31-40(63(9,10)11)23-27-54(46)70-61)64(57)55-45-30-39(62(6,7)8)22-26-53(45)69-60(55)65(49)58-35(2)20-24-41(37(58)4)47-32-67-51-18-14-12-16-43(47)51/h12-33H,1-11H3. The molecule has 11 aromatic rings. The Morgan fingerprint density at radius 3 is 1.27 bits per heavy atom. The number of para-hydroxylation sites is 2. The lowest BCUT2D eigenvalue weighted by molar-refractivity contribution is 0.589. The second kappa shape index (κ2) is 14.7. The Morgan fingerprint density at radius 2 is 0.843 bits per heavy atom. The highest BCUT2D eigenvalue weighted by atomic mass is 16.4. The van der Waals surface area contributed by atoms with E-state index in [0.29, 0.717) is 0 Å². The maximum absolute atomic E-state index is 7.41. The zero-order valence-corrected chi connectivity index (χ0v) is 41.8. The van der Waals surface area contributed by atoms with E-state index < -0.39 is 0 Å². The minimum Gasteiger partial charge on any atom is -0.464 e. The molecule has 0 bridgehead atoms. The quantitative estimate of drug-likeness (QED) is 0.164. The van der Waals surface area contributed by atoms with Crippen molar-refractivity contribution in [1.82, 2.24) is 0 Å². The van der Waals surface area contributed by atoms with E-state index in [-0.39, 0.29) is 17.5 Å². The molecule has 6 heterocycles. The number of aryl methyl sites for hydroxylation is 3. The van der Waals surface area contributed by atoms with E-state index in [0.717, 1.165) is 139 Å². The third-order valence-corrected chi connectivity index (χ3v) is 15.4. The smallest absolute Gasteiger partial charge is 0.262 e. The van der Waals surface area contributed by atoms with Crippen LogP contribution >= 0.6 is 0 Å². The number of hydrogen-bond donors (Lipinski definition) is 0. The summed E-state index contributed by atoms with van der Waals surface area (Å²) in [4.78, 5) is 4.90. The summed E-state index contributed by atoms with van der Waals surface area (Å²) in [7, 11) is 0. The molecule has 0 radical (unpaired) electrons. The summed E-state index contributed by atoms with van der Waals surface area (Å²) in [5.41, 5.74) is 23.8. The molecule has 6 nitrogen and oxygen atoms in total. The number of furan rings is 4. The van der Waals surface area contributed by atoms with Crippen molar-refractivity contribution in [2.24, 2.45) is 0 Å². The first-order valence-electron chi connectivity index (χ1n) is 24.6.